The Hall–Kier alpha value is 0.1000. The van der Waals surface area contributed by atoms with Gasteiger partial charge in [-0.2, -0.15) is 0 Å². The van der Waals surface area contributed by atoms with Crippen molar-refractivity contribution >= 4 is 27.3 Å². The highest BCUT2D eigenvalue weighted by atomic mass is 79.9. The average Bonchev–Trinajstić information content (AvgIpc) is 2.66. The molecule has 96 valence electrons. The number of thiophene rings is 1. The first-order valence-electron chi connectivity index (χ1n) is 6.17. The van der Waals surface area contributed by atoms with E-state index >= 15 is 0 Å². The molecule has 4 heteroatoms. The predicted octanol–water partition coefficient (Wildman–Crippen LogP) is 3.46. The number of halogens is 1. The topological polar surface area (TPSA) is 21.3 Å². The van der Waals surface area contributed by atoms with Crippen LogP contribution in [-0.2, 0) is 11.2 Å². The zero-order valence-electron chi connectivity index (χ0n) is 10.3. The Labute approximate surface area is 116 Å². The van der Waals surface area contributed by atoms with Gasteiger partial charge in [0.2, 0.25) is 0 Å². The fourth-order valence-electron chi connectivity index (χ4n) is 2.44. The fourth-order valence-corrected chi connectivity index (χ4v) is 4.06. The van der Waals surface area contributed by atoms with Crippen LogP contribution in [0.4, 0.5) is 0 Å². The average molecular weight is 318 g/mol. The summed E-state index contributed by atoms with van der Waals surface area (Å²) in [5.74, 6) is 0. The van der Waals surface area contributed by atoms with Crippen LogP contribution in [0, 0.1) is 5.41 Å². The molecule has 1 aliphatic rings. The maximum Gasteiger partial charge on any atom is 0.0587 e. The lowest BCUT2D eigenvalue weighted by molar-refractivity contribution is 0.124. The van der Waals surface area contributed by atoms with Crippen molar-refractivity contribution in [1.82, 2.24) is 5.32 Å². The molecule has 0 bridgehead atoms. The molecule has 0 aliphatic heterocycles. The van der Waals surface area contributed by atoms with Gasteiger partial charge in [0, 0.05) is 34.9 Å². The Morgan fingerprint density at radius 3 is 2.88 bits per heavy atom. The summed E-state index contributed by atoms with van der Waals surface area (Å²) in [4.78, 5) is 1.50. The Morgan fingerprint density at radius 1 is 1.53 bits per heavy atom. The second-order valence-electron chi connectivity index (χ2n) is 4.93. The number of hydrogen-bond donors (Lipinski definition) is 1. The van der Waals surface area contributed by atoms with E-state index in [4.69, 9.17) is 4.74 Å². The van der Waals surface area contributed by atoms with Gasteiger partial charge >= 0.3 is 0 Å². The molecule has 1 aliphatic carbocycles. The Kier molecular flexibility index (Phi) is 5.03. The molecule has 1 heterocycles. The molecule has 0 saturated heterocycles. The number of hydrogen-bond acceptors (Lipinski definition) is 3. The van der Waals surface area contributed by atoms with Crippen LogP contribution in [0.5, 0.6) is 0 Å². The van der Waals surface area contributed by atoms with Crippen LogP contribution < -0.4 is 5.32 Å². The molecule has 1 aromatic rings. The minimum Gasteiger partial charge on any atom is -0.383 e. The van der Waals surface area contributed by atoms with E-state index in [-0.39, 0.29) is 0 Å². The van der Waals surface area contributed by atoms with Gasteiger partial charge in [-0.25, -0.2) is 0 Å². The molecule has 0 spiro atoms. The van der Waals surface area contributed by atoms with Gasteiger partial charge < -0.3 is 10.1 Å². The second-order valence-corrected chi connectivity index (χ2v) is 6.84. The van der Waals surface area contributed by atoms with Gasteiger partial charge in [0.05, 0.1) is 6.61 Å². The number of ether oxygens (including phenoxy) is 1. The van der Waals surface area contributed by atoms with Crippen LogP contribution >= 0.6 is 27.3 Å². The summed E-state index contributed by atoms with van der Waals surface area (Å²) in [6, 6.07) is 2.26. The number of methoxy groups -OCH3 is 1. The Morgan fingerprint density at radius 2 is 2.35 bits per heavy atom. The largest absolute Gasteiger partial charge is 0.383 e. The highest BCUT2D eigenvalue weighted by Gasteiger charge is 2.36. The molecule has 1 saturated carbocycles. The predicted molar refractivity (Wildman–Crippen MR) is 76.8 cm³/mol. The van der Waals surface area contributed by atoms with Crippen LogP contribution in [0.15, 0.2) is 15.9 Å². The van der Waals surface area contributed by atoms with Crippen molar-refractivity contribution in [2.75, 3.05) is 26.8 Å². The number of nitrogens with one attached hydrogen (secondary N) is 1. The summed E-state index contributed by atoms with van der Waals surface area (Å²) in [5, 5.41) is 5.70. The summed E-state index contributed by atoms with van der Waals surface area (Å²) < 4.78 is 6.28. The fraction of sp³-hybridized carbons (Fsp3) is 0.692. The summed E-state index contributed by atoms with van der Waals surface area (Å²) in [5.41, 5.74) is 0.512. The third kappa shape index (κ3) is 3.78. The first-order chi connectivity index (χ1) is 8.24. The lowest BCUT2D eigenvalue weighted by Gasteiger charge is -2.42. The molecular weight excluding hydrogens is 298 g/mol. The van der Waals surface area contributed by atoms with E-state index < -0.39 is 0 Å². The van der Waals surface area contributed by atoms with E-state index in [1.165, 1.54) is 35.0 Å². The quantitative estimate of drug-likeness (QED) is 0.778. The minimum atomic E-state index is 0.512. The van der Waals surface area contributed by atoms with E-state index in [0.717, 1.165) is 19.7 Å². The molecule has 17 heavy (non-hydrogen) atoms. The van der Waals surface area contributed by atoms with E-state index in [0.29, 0.717) is 5.41 Å². The van der Waals surface area contributed by atoms with Crippen molar-refractivity contribution < 1.29 is 4.74 Å². The molecule has 2 nitrogen and oxygen atoms in total. The van der Waals surface area contributed by atoms with E-state index in [9.17, 15) is 0 Å². The maximum absolute atomic E-state index is 5.06. The van der Waals surface area contributed by atoms with Gasteiger partial charge in [-0.3, -0.25) is 0 Å². The van der Waals surface area contributed by atoms with Gasteiger partial charge in [0.25, 0.3) is 0 Å². The molecular formula is C13H20BrNOS. The van der Waals surface area contributed by atoms with Crippen LogP contribution in [-0.4, -0.2) is 26.8 Å². The van der Waals surface area contributed by atoms with Crippen LogP contribution in [0.1, 0.15) is 24.1 Å². The van der Waals surface area contributed by atoms with Gasteiger partial charge in [0.1, 0.15) is 0 Å². The monoisotopic (exact) mass is 317 g/mol. The smallest absolute Gasteiger partial charge is 0.0587 e. The van der Waals surface area contributed by atoms with Gasteiger partial charge in [0.15, 0.2) is 0 Å². The minimum absolute atomic E-state index is 0.512. The lowest BCUT2D eigenvalue weighted by atomic mass is 9.66. The summed E-state index contributed by atoms with van der Waals surface area (Å²) in [6.45, 7) is 2.90. The highest BCUT2D eigenvalue weighted by Crippen LogP contribution is 2.44. The van der Waals surface area contributed by atoms with Crippen molar-refractivity contribution in [1.29, 1.82) is 0 Å². The highest BCUT2D eigenvalue weighted by molar-refractivity contribution is 9.10. The Balaban J connectivity index is 1.82. The molecule has 0 radical (unpaired) electrons. The SMILES string of the molecule is COCCNCC1(Cc2cc(Br)cs2)CCC1. The summed E-state index contributed by atoms with van der Waals surface area (Å²) in [6.07, 6.45) is 5.34. The second kappa shape index (κ2) is 6.32. The van der Waals surface area contributed by atoms with Crippen LogP contribution in [0.25, 0.3) is 0 Å². The normalized spacial score (nSPS) is 18.0. The summed E-state index contributed by atoms with van der Waals surface area (Å²) >= 11 is 5.40. The lowest BCUT2D eigenvalue weighted by Crippen LogP contribution is -2.42. The van der Waals surface area contributed by atoms with E-state index in [2.05, 4.69) is 32.7 Å². The molecule has 1 fully saturated rings. The van der Waals surface area contributed by atoms with Gasteiger partial charge in [-0.05, 0) is 46.7 Å². The van der Waals surface area contributed by atoms with Gasteiger partial charge in [-0.15, -0.1) is 11.3 Å². The van der Waals surface area contributed by atoms with Crippen molar-refractivity contribution in [3.63, 3.8) is 0 Å². The van der Waals surface area contributed by atoms with Gasteiger partial charge in [-0.1, -0.05) is 6.42 Å². The molecule has 1 N–H and O–H groups in total. The molecule has 0 amide bonds. The van der Waals surface area contributed by atoms with E-state index in [1.54, 1.807) is 7.11 Å². The standard InChI is InChI=1S/C13H20BrNOS/c1-16-6-5-15-10-13(3-2-4-13)8-12-7-11(14)9-17-12/h7,9,15H,2-6,8,10H2,1H3. The third-order valence-corrected chi connectivity index (χ3v) is 5.27. The van der Waals surface area contributed by atoms with Crippen LogP contribution in [0.3, 0.4) is 0 Å². The first-order valence-corrected chi connectivity index (χ1v) is 7.84. The van der Waals surface area contributed by atoms with Crippen molar-refractivity contribution in [3.8, 4) is 0 Å². The van der Waals surface area contributed by atoms with Crippen LogP contribution in [0.2, 0.25) is 0 Å². The van der Waals surface area contributed by atoms with Crippen molar-refractivity contribution in [3.05, 3.63) is 20.8 Å². The molecule has 0 atom stereocenters. The van der Waals surface area contributed by atoms with Crippen molar-refractivity contribution in [2.24, 2.45) is 5.41 Å². The first kappa shape index (κ1) is 13.5. The Bertz CT molecular complexity index is 349. The zero-order chi connectivity index (χ0) is 12.1. The molecule has 0 unspecified atom stereocenters. The third-order valence-electron chi connectivity index (χ3n) is 3.57. The number of rotatable bonds is 7. The molecule has 0 aromatic carbocycles. The van der Waals surface area contributed by atoms with Crippen molar-refractivity contribution in [2.45, 2.75) is 25.7 Å². The molecule has 1 aromatic heterocycles. The maximum atomic E-state index is 5.06. The van der Waals surface area contributed by atoms with E-state index in [1.807, 2.05) is 11.3 Å². The molecule has 2 rings (SSSR count). The zero-order valence-corrected chi connectivity index (χ0v) is 12.7. The summed E-state index contributed by atoms with van der Waals surface area (Å²) in [7, 11) is 1.75.